The molecule has 0 aliphatic rings. The van der Waals surface area contributed by atoms with Crippen LogP contribution in [0, 0.1) is 13.8 Å². The fourth-order valence-electron chi connectivity index (χ4n) is 2.86. The zero-order chi connectivity index (χ0) is 18.3. The average Bonchev–Trinajstić information content (AvgIpc) is 2.42. The first-order chi connectivity index (χ1) is 10.9. The number of aliphatic hydroxyl groups is 1. The van der Waals surface area contributed by atoms with Crippen LogP contribution in [0.1, 0.15) is 56.9 Å². The Morgan fingerprint density at radius 3 is 1.92 bits per heavy atom. The van der Waals surface area contributed by atoms with Crippen molar-refractivity contribution in [3.8, 4) is 5.75 Å². The third-order valence-electron chi connectivity index (χ3n) is 4.17. The molecule has 130 valence electrons. The van der Waals surface area contributed by atoms with E-state index >= 15 is 0 Å². The van der Waals surface area contributed by atoms with Gasteiger partial charge < -0.3 is 10.2 Å². The van der Waals surface area contributed by atoms with Crippen molar-refractivity contribution < 1.29 is 10.2 Å². The Morgan fingerprint density at radius 1 is 0.792 bits per heavy atom. The molecule has 0 radical (unpaired) electrons. The lowest BCUT2D eigenvalue weighted by molar-refractivity contribution is 0.0797. The average molecular weight is 344 g/mol. The maximum absolute atomic E-state index is 10.8. The molecular formula is C21H29O2P. The first-order valence-corrected chi connectivity index (χ1v) is 9.34. The summed E-state index contributed by atoms with van der Waals surface area (Å²) in [5, 5.41) is 23.3. The smallest absolute Gasteiger partial charge is 0.127 e. The number of phenols is 1. The molecule has 1 atom stereocenters. The summed E-state index contributed by atoms with van der Waals surface area (Å²) >= 11 is 0. The molecule has 0 spiro atoms. The first-order valence-electron chi connectivity index (χ1n) is 8.34. The minimum atomic E-state index is -0.902. The molecule has 1 unspecified atom stereocenters. The van der Waals surface area contributed by atoms with Crippen LogP contribution in [0.5, 0.6) is 5.75 Å². The van der Waals surface area contributed by atoms with Crippen LogP contribution in [-0.2, 0) is 11.0 Å². The Bertz CT molecular complexity index is 750. The van der Waals surface area contributed by atoms with Gasteiger partial charge in [0.2, 0.25) is 0 Å². The van der Waals surface area contributed by atoms with Gasteiger partial charge in [-0.2, -0.15) is 0 Å². The Hall–Kier alpha value is -1.37. The third kappa shape index (κ3) is 4.18. The Balaban J connectivity index is 2.56. The van der Waals surface area contributed by atoms with Crippen LogP contribution < -0.4 is 10.6 Å². The van der Waals surface area contributed by atoms with E-state index in [2.05, 4.69) is 52.0 Å². The van der Waals surface area contributed by atoms with Gasteiger partial charge in [0.05, 0.1) is 5.60 Å². The number of benzene rings is 2. The fraction of sp³-hybridized carbons (Fsp3) is 0.429. The van der Waals surface area contributed by atoms with Gasteiger partial charge in [0.15, 0.2) is 0 Å². The molecule has 0 aliphatic carbocycles. The van der Waals surface area contributed by atoms with E-state index in [0.717, 1.165) is 32.9 Å². The van der Waals surface area contributed by atoms with Crippen LogP contribution in [0.15, 0.2) is 30.3 Å². The van der Waals surface area contributed by atoms with Crippen molar-refractivity contribution in [2.75, 3.05) is 0 Å². The minimum absolute atomic E-state index is 0.109. The van der Waals surface area contributed by atoms with Crippen molar-refractivity contribution in [3.63, 3.8) is 0 Å². The second kappa shape index (κ2) is 6.50. The van der Waals surface area contributed by atoms with Gasteiger partial charge in [-0.3, -0.25) is 0 Å². The van der Waals surface area contributed by atoms with Crippen molar-refractivity contribution in [2.24, 2.45) is 0 Å². The molecule has 2 nitrogen and oxygen atoms in total. The molecule has 24 heavy (non-hydrogen) atoms. The zero-order valence-electron chi connectivity index (χ0n) is 15.8. The largest absolute Gasteiger partial charge is 0.507 e. The predicted molar refractivity (Wildman–Crippen MR) is 106 cm³/mol. The van der Waals surface area contributed by atoms with Gasteiger partial charge in [0.25, 0.3) is 0 Å². The highest BCUT2D eigenvalue weighted by Crippen LogP contribution is 2.34. The van der Waals surface area contributed by atoms with Crippen LogP contribution in [0.4, 0.5) is 0 Å². The number of rotatable bonds is 3. The normalized spacial score (nSPS) is 13.0. The number of hydrogen-bond donors (Lipinski definition) is 2. The molecule has 0 fully saturated rings. The molecule has 0 bridgehead atoms. The van der Waals surface area contributed by atoms with Gasteiger partial charge in [0, 0.05) is 10.9 Å². The summed E-state index contributed by atoms with van der Waals surface area (Å²) in [6.07, 6.45) is 0. The van der Waals surface area contributed by atoms with Crippen molar-refractivity contribution in [1.82, 2.24) is 0 Å². The summed E-state index contributed by atoms with van der Waals surface area (Å²) in [4.78, 5) is 0. The second-order valence-electron chi connectivity index (χ2n) is 8.19. The molecule has 2 rings (SSSR count). The second-order valence-corrected chi connectivity index (χ2v) is 9.52. The standard InChI is InChI=1S/C21H29O2P/c1-13-8-9-17(15(10-13)21(6,7)23)24-18-12-14(2)11-16(19(18)22)20(3,4)5/h8-12,22-24H,1-7H3. The maximum Gasteiger partial charge on any atom is 0.127 e. The molecule has 0 aromatic heterocycles. The molecule has 2 aromatic rings. The lowest BCUT2D eigenvalue weighted by Gasteiger charge is -2.25. The van der Waals surface area contributed by atoms with Crippen molar-refractivity contribution in [3.05, 3.63) is 52.6 Å². The van der Waals surface area contributed by atoms with E-state index in [-0.39, 0.29) is 5.41 Å². The summed E-state index contributed by atoms with van der Waals surface area (Å²) in [5.41, 5.74) is 3.17. The van der Waals surface area contributed by atoms with Gasteiger partial charge in [-0.05, 0) is 55.6 Å². The quantitative estimate of drug-likeness (QED) is 0.821. The van der Waals surface area contributed by atoms with Crippen LogP contribution >= 0.6 is 8.58 Å². The predicted octanol–water partition coefficient (Wildman–Crippen LogP) is 4.16. The SMILES string of the molecule is Cc1cc(Pc2ccc(C)cc2C(C)(C)O)c(O)c(C(C)(C)C)c1. The molecular weight excluding hydrogens is 315 g/mol. The number of aromatic hydroxyl groups is 1. The van der Waals surface area contributed by atoms with E-state index in [0.29, 0.717) is 14.3 Å². The first kappa shape index (κ1) is 19.0. The van der Waals surface area contributed by atoms with Crippen LogP contribution in [0.2, 0.25) is 0 Å². The molecule has 0 heterocycles. The summed E-state index contributed by atoms with van der Waals surface area (Å²) < 4.78 is 0. The van der Waals surface area contributed by atoms with E-state index in [4.69, 9.17) is 0 Å². The van der Waals surface area contributed by atoms with Gasteiger partial charge in [0.1, 0.15) is 5.75 Å². The number of aryl methyl sites for hydroxylation is 2. The van der Waals surface area contributed by atoms with Gasteiger partial charge >= 0.3 is 0 Å². The van der Waals surface area contributed by atoms with Crippen molar-refractivity contribution in [1.29, 1.82) is 0 Å². The maximum atomic E-state index is 10.8. The third-order valence-corrected chi connectivity index (χ3v) is 5.52. The fourth-order valence-corrected chi connectivity index (χ4v) is 4.39. The van der Waals surface area contributed by atoms with Crippen LogP contribution in [0.25, 0.3) is 0 Å². The lowest BCUT2D eigenvalue weighted by atomic mass is 9.85. The summed E-state index contributed by atoms with van der Waals surface area (Å²) in [6, 6.07) is 10.3. The molecule has 0 saturated heterocycles. The Morgan fingerprint density at radius 2 is 1.38 bits per heavy atom. The van der Waals surface area contributed by atoms with E-state index in [1.807, 2.05) is 26.8 Å². The summed E-state index contributed by atoms with van der Waals surface area (Å²) in [6.45, 7) is 14.1. The van der Waals surface area contributed by atoms with Gasteiger partial charge in [-0.25, -0.2) is 0 Å². The topological polar surface area (TPSA) is 40.5 Å². The number of phenolic OH excluding ortho intramolecular Hbond substituents is 1. The highest BCUT2D eigenvalue weighted by Gasteiger charge is 2.24. The molecule has 0 saturated carbocycles. The highest BCUT2D eigenvalue weighted by atomic mass is 31.1. The monoisotopic (exact) mass is 344 g/mol. The highest BCUT2D eigenvalue weighted by molar-refractivity contribution is 7.55. The van der Waals surface area contributed by atoms with Crippen LogP contribution in [-0.4, -0.2) is 10.2 Å². The molecule has 2 aromatic carbocycles. The number of hydrogen-bond acceptors (Lipinski definition) is 2. The Labute approximate surface area is 147 Å². The van der Waals surface area contributed by atoms with E-state index < -0.39 is 5.60 Å². The summed E-state index contributed by atoms with van der Waals surface area (Å²) in [5.74, 6) is 0.383. The van der Waals surface area contributed by atoms with Crippen molar-refractivity contribution >= 4 is 19.2 Å². The van der Waals surface area contributed by atoms with E-state index in [9.17, 15) is 10.2 Å². The lowest BCUT2D eigenvalue weighted by Crippen LogP contribution is -2.25. The van der Waals surface area contributed by atoms with Crippen LogP contribution in [0.3, 0.4) is 0 Å². The van der Waals surface area contributed by atoms with Gasteiger partial charge in [-0.15, -0.1) is 0 Å². The molecule has 0 amide bonds. The molecule has 0 aliphatic heterocycles. The molecule has 3 heteroatoms. The minimum Gasteiger partial charge on any atom is -0.507 e. The van der Waals surface area contributed by atoms with Gasteiger partial charge in [-0.1, -0.05) is 59.2 Å². The zero-order valence-corrected chi connectivity index (χ0v) is 16.8. The molecule has 2 N–H and O–H groups in total. The van der Waals surface area contributed by atoms with E-state index in [1.54, 1.807) is 0 Å². The summed E-state index contributed by atoms with van der Waals surface area (Å²) in [7, 11) is 0.306. The Kier molecular flexibility index (Phi) is 5.14. The van der Waals surface area contributed by atoms with Crippen molar-refractivity contribution in [2.45, 2.75) is 59.5 Å². The van der Waals surface area contributed by atoms with E-state index in [1.165, 1.54) is 0 Å².